The third-order valence-electron chi connectivity index (χ3n) is 4.63. The molecule has 132 valence electrons. The van der Waals surface area contributed by atoms with E-state index >= 15 is 0 Å². The molecule has 1 aliphatic carbocycles. The molecule has 0 saturated carbocycles. The molecule has 0 aliphatic heterocycles. The molecule has 1 atom stereocenters. The second-order valence-corrected chi connectivity index (χ2v) is 8.52. The summed E-state index contributed by atoms with van der Waals surface area (Å²) in [6.07, 6.45) is 2.72. The Labute approximate surface area is 148 Å². The van der Waals surface area contributed by atoms with Gasteiger partial charge in [-0.25, -0.2) is 8.42 Å². The summed E-state index contributed by atoms with van der Waals surface area (Å²) >= 11 is 0. The highest BCUT2D eigenvalue weighted by Crippen LogP contribution is 2.31. The fraction of sp³-hybridized carbons (Fsp3) is 0.316. The van der Waals surface area contributed by atoms with Crippen LogP contribution < -0.4 is 11.1 Å². The van der Waals surface area contributed by atoms with Crippen LogP contribution in [0.2, 0.25) is 0 Å². The lowest BCUT2D eigenvalue weighted by Gasteiger charge is -2.27. The number of nitrogens with two attached hydrogens (primary N) is 1. The summed E-state index contributed by atoms with van der Waals surface area (Å²) in [4.78, 5) is 12.9. The second-order valence-electron chi connectivity index (χ2n) is 6.28. The zero-order valence-electron chi connectivity index (χ0n) is 14.2. The summed E-state index contributed by atoms with van der Waals surface area (Å²) < 4.78 is 24.5. The number of nitrogens with one attached hydrogen (secondary N) is 1. The van der Waals surface area contributed by atoms with Crippen molar-refractivity contribution in [2.24, 2.45) is 0 Å². The van der Waals surface area contributed by atoms with Crippen molar-refractivity contribution < 1.29 is 13.2 Å². The van der Waals surface area contributed by atoms with Gasteiger partial charge in [0.05, 0.1) is 22.3 Å². The topological polar surface area (TPSA) is 89.3 Å². The summed E-state index contributed by atoms with van der Waals surface area (Å²) in [5.41, 5.74) is 8.97. The third-order valence-corrected chi connectivity index (χ3v) is 6.42. The van der Waals surface area contributed by atoms with Gasteiger partial charge in [0.15, 0.2) is 9.84 Å². The first-order valence-corrected chi connectivity index (χ1v) is 10.1. The molecular weight excluding hydrogens is 336 g/mol. The average Bonchev–Trinajstić information content (AvgIpc) is 2.61. The van der Waals surface area contributed by atoms with Gasteiger partial charge in [-0.2, -0.15) is 0 Å². The smallest absolute Gasteiger partial charge is 0.253 e. The zero-order chi connectivity index (χ0) is 18.0. The van der Waals surface area contributed by atoms with Crippen LogP contribution in [0.4, 0.5) is 5.69 Å². The van der Waals surface area contributed by atoms with E-state index in [0.717, 1.165) is 30.4 Å². The Morgan fingerprint density at radius 1 is 1.24 bits per heavy atom. The summed E-state index contributed by atoms with van der Waals surface area (Å²) in [5.74, 6) is -0.398. The van der Waals surface area contributed by atoms with E-state index in [4.69, 9.17) is 5.73 Å². The molecule has 0 radical (unpaired) electrons. The molecule has 0 heterocycles. The molecular formula is C19H22N2O3S. The van der Waals surface area contributed by atoms with Gasteiger partial charge in [0.2, 0.25) is 0 Å². The van der Waals surface area contributed by atoms with Gasteiger partial charge in [-0.1, -0.05) is 25.1 Å². The molecule has 0 fully saturated rings. The number of benzene rings is 2. The lowest BCUT2D eigenvalue weighted by molar-refractivity contribution is 0.0929. The van der Waals surface area contributed by atoms with Crippen LogP contribution in [0.5, 0.6) is 0 Å². The van der Waals surface area contributed by atoms with Crippen molar-refractivity contribution in [2.45, 2.75) is 37.1 Å². The summed E-state index contributed by atoms with van der Waals surface area (Å²) in [7, 11) is -3.46. The van der Waals surface area contributed by atoms with Crippen LogP contribution in [0.1, 0.15) is 47.3 Å². The maximum Gasteiger partial charge on any atom is 0.253 e. The highest BCUT2D eigenvalue weighted by Gasteiger charge is 2.25. The van der Waals surface area contributed by atoms with Gasteiger partial charge in [0, 0.05) is 5.69 Å². The van der Waals surface area contributed by atoms with Crippen LogP contribution in [-0.4, -0.2) is 20.1 Å². The van der Waals surface area contributed by atoms with Gasteiger partial charge >= 0.3 is 0 Å². The van der Waals surface area contributed by atoms with Crippen molar-refractivity contribution in [1.82, 2.24) is 5.32 Å². The SMILES string of the molecule is CCS(=O)(=O)c1ccccc1C(=O)NC1CCCc2cc(N)ccc21. The van der Waals surface area contributed by atoms with E-state index in [9.17, 15) is 13.2 Å². The maximum absolute atomic E-state index is 12.8. The van der Waals surface area contributed by atoms with Gasteiger partial charge in [-0.3, -0.25) is 4.79 Å². The van der Waals surface area contributed by atoms with Crippen LogP contribution in [0.15, 0.2) is 47.4 Å². The molecule has 6 heteroatoms. The van der Waals surface area contributed by atoms with Crippen LogP contribution in [-0.2, 0) is 16.3 Å². The molecule has 0 aromatic heterocycles. The molecule has 0 saturated heterocycles. The number of rotatable bonds is 4. The van der Waals surface area contributed by atoms with Crippen LogP contribution in [0.3, 0.4) is 0 Å². The normalized spacial score (nSPS) is 16.9. The van der Waals surface area contributed by atoms with E-state index in [1.165, 1.54) is 6.07 Å². The number of fused-ring (bicyclic) bond motifs is 1. The molecule has 2 aromatic carbocycles. The van der Waals surface area contributed by atoms with Crippen LogP contribution in [0.25, 0.3) is 0 Å². The Morgan fingerprint density at radius 2 is 2.00 bits per heavy atom. The van der Waals surface area contributed by atoms with E-state index in [-0.39, 0.29) is 28.2 Å². The van der Waals surface area contributed by atoms with E-state index in [1.54, 1.807) is 25.1 Å². The highest BCUT2D eigenvalue weighted by atomic mass is 32.2. The number of hydrogen-bond acceptors (Lipinski definition) is 4. The predicted molar refractivity (Wildman–Crippen MR) is 98.2 cm³/mol. The van der Waals surface area contributed by atoms with Crippen molar-refractivity contribution in [3.63, 3.8) is 0 Å². The number of carbonyl (C=O) groups excluding carboxylic acids is 1. The first-order valence-electron chi connectivity index (χ1n) is 8.43. The number of nitrogen functional groups attached to an aromatic ring is 1. The van der Waals surface area contributed by atoms with Crippen molar-refractivity contribution >= 4 is 21.4 Å². The van der Waals surface area contributed by atoms with E-state index in [2.05, 4.69) is 5.32 Å². The highest BCUT2D eigenvalue weighted by molar-refractivity contribution is 7.91. The molecule has 3 rings (SSSR count). The number of aryl methyl sites for hydroxylation is 1. The number of hydrogen-bond donors (Lipinski definition) is 2. The number of anilines is 1. The Morgan fingerprint density at radius 3 is 2.76 bits per heavy atom. The second kappa shape index (κ2) is 6.88. The number of amides is 1. The summed E-state index contributed by atoms with van der Waals surface area (Å²) in [5, 5.41) is 3.00. The Hall–Kier alpha value is -2.34. The minimum atomic E-state index is -3.46. The Kier molecular flexibility index (Phi) is 4.81. The average molecular weight is 358 g/mol. The molecule has 1 amide bonds. The monoisotopic (exact) mass is 358 g/mol. The van der Waals surface area contributed by atoms with Crippen molar-refractivity contribution in [2.75, 3.05) is 11.5 Å². The lowest BCUT2D eigenvalue weighted by atomic mass is 9.87. The van der Waals surface area contributed by atoms with Crippen molar-refractivity contribution in [3.05, 3.63) is 59.2 Å². The lowest BCUT2D eigenvalue weighted by Crippen LogP contribution is -2.32. The summed E-state index contributed by atoms with van der Waals surface area (Å²) in [6, 6.07) is 12.0. The molecule has 5 nitrogen and oxygen atoms in total. The minimum Gasteiger partial charge on any atom is -0.399 e. The third kappa shape index (κ3) is 3.54. The van der Waals surface area contributed by atoms with Gasteiger partial charge in [-0.05, 0) is 54.7 Å². The standard InChI is InChI=1S/C19H22N2O3S/c1-2-25(23,24)18-9-4-3-7-16(18)19(22)21-17-8-5-6-13-12-14(20)10-11-15(13)17/h3-4,7,9-12,17H,2,5-6,8,20H2,1H3,(H,21,22). The van der Waals surface area contributed by atoms with Gasteiger partial charge in [0.25, 0.3) is 5.91 Å². The largest absolute Gasteiger partial charge is 0.399 e. The number of carbonyl (C=O) groups is 1. The van der Waals surface area contributed by atoms with E-state index in [0.29, 0.717) is 5.69 Å². The van der Waals surface area contributed by atoms with E-state index < -0.39 is 9.84 Å². The molecule has 3 N–H and O–H groups in total. The molecule has 1 unspecified atom stereocenters. The van der Waals surface area contributed by atoms with Crippen LogP contribution >= 0.6 is 0 Å². The predicted octanol–water partition coefficient (Wildman–Crippen LogP) is 2.87. The molecule has 25 heavy (non-hydrogen) atoms. The molecule has 2 aromatic rings. The maximum atomic E-state index is 12.8. The fourth-order valence-electron chi connectivity index (χ4n) is 3.30. The minimum absolute atomic E-state index is 0.0389. The van der Waals surface area contributed by atoms with Crippen LogP contribution in [0, 0.1) is 0 Å². The molecule has 1 aliphatic rings. The van der Waals surface area contributed by atoms with Gasteiger partial charge in [-0.15, -0.1) is 0 Å². The fourth-order valence-corrected chi connectivity index (χ4v) is 4.39. The first-order chi connectivity index (χ1) is 11.9. The first kappa shape index (κ1) is 17.5. The molecule has 0 bridgehead atoms. The zero-order valence-corrected chi connectivity index (χ0v) is 15.0. The van der Waals surface area contributed by atoms with Crippen molar-refractivity contribution in [3.8, 4) is 0 Å². The Bertz CT molecular complexity index is 907. The Balaban J connectivity index is 1.91. The van der Waals surface area contributed by atoms with E-state index in [1.807, 2.05) is 18.2 Å². The number of sulfone groups is 1. The summed E-state index contributed by atoms with van der Waals surface area (Å²) in [6.45, 7) is 1.58. The van der Waals surface area contributed by atoms with Gasteiger partial charge < -0.3 is 11.1 Å². The molecule has 0 spiro atoms. The van der Waals surface area contributed by atoms with Gasteiger partial charge in [0.1, 0.15) is 0 Å². The quantitative estimate of drug-likeness (QED) is 0.823. The van der Waals surface area contributed by atoms with Crippen molar-refractivity contribution in [1.29, 1.82) is 0 Å².